The number of amides is 1. The third kappa shape index (κ3) is 1.46. The minimum atomic E-state index is 0.0643. The number of anilines is 1. The topological polar surface area (TPSA) is 49.0 Å². The van der Waals surface area contributed by atoms with Crippen molar-refractivity contribution in [2.24, 2.45) is 0 Å². The number of aromatic amines is 1. The molecule has 4 nitrogen and oxygen atoms in total. The zero-order valence-electron chi connectivity index (χ0n) is 10.1. The predicted octanol–water partition coefficient (Wildman–Crippen LogP) is 2.72. The number of fused-ring (bicyclic) bond motifs is 2. The number of aromatic nitrogens is 2. The highest BCUT2D eigenvalue weighted by Crippen LogP contribution is 2.29. The molecular weight excluding hydrogens is 238 g/mol. The van der Waals surface area contributed by atoms with E-state index in [0.29, 0.717) is 6.54 Å². The summed E-state index contributed by atoms with van der Waals surface area (Å²) in [4.78, 5) is 21.4. The Bertz CT molecular complexity index is 791. The molecule has 4 rings (SSSR count). The summed E-state index contributed by atoms with van der Waals surface area (Å²) in [5.41, 5.74) is 4.64. The fourth-order valence-electron chi connectivity index (χ4n) is 2.55. The van der Waals surface area contributed by atoms with E-state index in [9.17, 15) is 4.79 Å². The summed E-state index contributed by atoms with van der Waals surface area (Å²) in [5.74, 6) is 0.0643. The van der Waals surface area contributed by atoms with E-state index in [0.717, 1.165) is 27.8 Å². The summed E-state index contributed by atoms with van der Waals surface area (Å²) in [6, 6.07) is 13.6. The molecule has 0 spiro atoms. The lowest BCUT2D eigenvalue weighted by Crippen LogP contribution is -2.22. The van der Waals surface area contributed by atoms with E-state index in [1.165, 1.54) is 0 Å². The van der Waals surface area contributed by atoms with E-state index >= 15 is 0 Å². The highest BCUT2D eigenvalue weighted by atomic mass is 16.2. The second-order valence-corrected chi connectivity index (χ2v) is 4.65. The molecule has 3 aromatic rings. The average Bonchev–Trinajstić information content (AvgIpc) is 3.03. The molecule has 2 aromatic carbocycles. The van der Waals surface area contributed by atoms with Crippen LogP contribution in [-0.2, 0) is 6.54 Å². The van der Waals surface area contributed by atoms with Crippen molar-refractivity contribution in [1.29, 1.82) is 0 Å². The molecular formula is C15H11N3O. The van der Waals surface area contributed by atoms with Gasteiger partial charge >= 0.3 is 0 Å². The van der Waals surface area contributed by atoms with E-state index in [1.54, 1.807) is 11.2 Å². The summed E-state index contributed by atoms with van der Waals surface area (Å²) in [7, 11) is 0. The second kappa shape index (κ2) is 3.68. The number of hydrogen-bond donors (Lipinski definition) is 1. The standard InChI is InChI=1S/C15H11N3O/c19-15-12-4-2-1-3-10(12)8-18(15)11-5-6-13-14(7-11)17-9-16-13/h1-7,9H,8H2,(H,16,17). The number of H-pyrrole nitrogens is 1. The van der Waals surface area contributed by atoms with Gasteiger partial charge in [-0.05, 0) is 29.8 Å². The van der Waals surface area contributed by atoms with Crippen LogP contribution in [0, 0.1) is 0 Å². The van der Waals surface area contributed by atoms with Crippen LogP contribution in [0.4, 0.5) is 5.69 Å². The lowest BCUT2D eigenvalue weighted by molar-refractivity contribution is 0.0996. The van der Waals surface area contributed by atoms with Gasteiger partial charge in [0, 0.05) is 11.3 Å². The van der Waals surface area contributed by atoms with Crippen molar-refractivity contribution in [3.63, 3.8) is 0 Å². The normalized spacial score (nSPS) is 14.1. The summed E-state index contributed by atoms with van der Waals surface area (Å²) in [6.45, 7) is 0.634. The second-order valence-electron chi connectivity index (χ2n) is 4.65. The minimum Gasteiger partial charge on any atom is -0.345 e. The number of imidazole rings is 1. The van der Waals surface area contributed by atoms with Gasteiger partial charge in [0.05, 0.1) is 23.9 Å². The molecule has 92 valence electrons. The zero-order chi connectivity index (χ0) is 12.8. The number of hydrogen-bond acceptors (Lipinski definition) is 2. The van der Waals surface area contributed by atoms with Crippen LogP contribution in [0.15, 0.2) is 48.8 Å². The first-order valence-electron chi connectivity index (χ1n) is 6.16. The van der Waals surface area contributed by atoms with Crippen molar-refractivity contribution < 1.29 is 4.79 Å². The summed E-state index contributed by atoms with van der Waals surface area (Å²) >= 11 is 0. The quantitative estimate of drug-likeness (QED) is 0.720. The first-order chi connectivity index (χ1) is 9.33. The van der Waals surface area contributed by atoms with Crippen molar-refractivity contribution in [1.82, 2.24) is 9.97 Å². The van der Waals surface area contributed by atoms with E-state index in [2.05, 4.69) is 9.97 Å². The first kappa shape index (κ1) is 10.3. The van der Waals surface area contributed by atoms with Gasteiger partial charge in [0.15, 0.2) is 0 Å². The maximum Gasteiger partial charge on any atom is 0.258 e. The minimum absolute atomic E-state index is 0.0643. The van der Waals surface area contributed by atoms with Crippen LogP contribution in [0.1, 0.15) is 15.9 Å². The Balaban J connectivity index is 1.80. The fraction of sp³-hybridized carbons (Fsp3) is 0.0667. The zero-order valence-corrected chi connectivity index (χ0v) is 10.1. The Morgan fingerprint density at radius 1 is 1.16 bits per heavy atom. The number of nitrogens with zero attached hydrogens (tertiary/aromatic N) is 2. The molecule has 1 aliphatic rings. The van der Waals surface area contributed by atoms with Crippen molar-refractivity contribution in [3.05, 3.63) is 59.9 Å². The third-order valence-electron chi connectivity index (χ3n) is 3.54. The molecule has 0 saturated heterocycles. The molecule has 0 atom stereocenters. The van der Waals surface area contributed by atoms with Gasteiger partial charge in [0.25, 0.3) is 5.91 Å². The molecule has 0 aliphatic carbocycles. The maximum atomic E-state index is 12.4. The van der Waals surface area contributed by atoms with Crippen molar-refractivity contribution in [2.75, 3.05) is 4.90 Å². The summed E-state index contributed by atoms with van der Waals surface area (Å²) < 4.78 is 0. The molecule has 0 saturated carbocycles. The molecule has 1 aromatic heterocycles. The van der Waals surface area contributed by atoms with Crippen LogP contribution in [0.5, 0.6) is 0 Å². The van der Waals surface area contributed by atoms with Gasteiger partial charge in [0.1, 0.15) is 0 Å². The molecule has 0 unspecified atom stereocenters. The molecule has 0 radical (unpaired) electrons. The lowest BCUT2D eigenvalue weighted by atomic mass is 10.1. The Kier molecular flexibility index (Phi) is 2.00. The highest BCUT2D eigenvalue weighted by Gasteiger charge is 2.27. The molecule has 2 heterocycles. The van der Waals surface area contributed by atoms with Gasteiger partial charge in [-0.15, -0.1) is 0 Å². The van der Waals surface area contributed by atoms with Gasteiger partial charge < -0.3 is 9.88 Å². The van der Waals surface area contributed by atoms with Crippen molar-refractivity contribution in [3.8, 4) is 0 Å². The SMILES string of the molecule is O=C1c2ccccc2CN1c1ccc2nc[nH]c2c1. The molecule has 0 bridgehead atoms. The third-order valence-corrected chi connectivity index (χ3v) is 3.54. The Morgan fingerprint density at radius 2 is 2.05 bits per heavy atom. The Labute approximate surface area is 109 Å². The summed E-state index contributed by atoms with van der Waals surface area (Å²) in [5, 5.41) is 0. The lowest BCUT2D eigenvalue weighted by Gasteiger charge is -2.15. The van der Waals surface area contributed by atoms with Gasteiger partial charge in [0.2, 0.25) is 0 Å². The maximum absolute atomic E-state index is 12.4. The molecule has 0 fully saturated rings. The number of benzene rings is 2. The Hall–Kier alpha value is -2.62. The molecule has 1 aliphatic heterocycles. The van der Waals surface area contributed by atoms with E-state index in [-0.39, 0.29) is 5.91 Å². The van der Waals surface area contributed by atoms with Gasteiger partial charge in [-0.25, -0.2) is 4.98 Å². The van der Waals surface area contributed by atoms with E-state index in [4.69, 9.17) is 0 Å². The van der Waals surface area contributed by atoms with Gasteiger partial charge in [-0.1, -0.05) is 18.2 Å². The molecule has 1 amide bonds. The van der Waals surface area contributed by atoms with Crippen LogP contribution in [-0.4, -0.2) is 15.9 Å². The summed E-state index contributed by atoms with van der Waals surface area (Å²) in [6.07, 6.45) is 1.66. The van der Waals surface area contributed by atoms with E-state index < -0.39 is 0 Å². The number of nitrogens with one attached hydrogen (secondary N) is 1. The van der Waals surface area contributed by atoms with Crippen LogP contribution >= 0.6 is 0 Å². The van der Waals surface area contributed by atoms with Crippen molar-refractivity contribution in [2.45, 2.75) is 6.54 Å². The monoisotopic (exact) mass is 249 g/mol. The number of carbonyl (C=O) groups excluding carboxylic acids is 1. The van der Waals surface area contributed by atoms with Gasteiger partial charge in [-0.3, -0.25) is 4.79 Å². The molecule has 4 heteroatoms. The fourth-order valence-corrected chi connectivity index (χ4v) is 2.55. The van der Waals surface area contributed by atoms with Crippen LogP contribution in [0.3, 0.4) is 0 Å². The van der Waals surface area contributed by atoms with Crippen LogP contribution < -0.4 is 4.90 Å². The predicted molar refractivity (Wildman–Crippen MR) is 73.0 cm³/mol. The van der Waals surface area contributed by atoms with Crippen molar-refractivity contribution >= 4 is 22.6 Å². The largest absolute Gasteiger partial charge is 0.345 e. The van der Waals surface area contributed by atoms with Gasteiger partial charge in [-0.2, -0.15) is 0 Å². The average molecular weight is 249 g/mol. The molecule has 19 heavy (non-hydrogen) atoms. The van der Waals surface area contributed by atoms with Crippen LogP contribution in [0.25, 0.3) is 11.0 Å². The van der Waals surface area contributed by atoms with Crippen LogP contribution in [0.2, 0.25) is 0 Å². The number of carbonyl (C=O) groups is 1. The smallest absolute Gasteiger partial charge is 0.258 e. The Morgan fingerprint density at radius 3 is 2.95 bits per heavy atom. The number of rotatable bonds is 1. The highest BCUT2D eigenvalue weighted by molar-refractivity contribution is 6.10. The first-order valence-corrected chi connectivity index (χ1v) is 6.16. The molecule has 1 N–H and O–H groups in total. The van der Waals surface area contributed by atoms with E-state index in [1.807, 2.05) is 42.5 Å².